The first kappa shape index (κ1) is 16.4. The summed E-state index contributed by atoms with van der Waals surface area (Å²) in [4.78, 5) is 4.49. The van der Waals surface area contributed by atoms with Gasteiger partial charge < -0.3 is 9.84 Å². The van der Waals surface area contributed by atoms with Gasteiger partial charge in [0, 0.05) is 23.1 Å². The number of aromatic amines is 1. The molecule has 2 N–H and O–H groups in total. The summed E-state index contributed by atoms with van der Waals surface area (Å²) in [5, 5.41) is 15.1. The third kappa shape index (κ3) is 3.78. The van der Waals surface area contributed by atoms with Crippen LogP contribution in [0.5, 0.6) is 0 Å². The van der Waals surface area contributed by atoms with E-state index in [2.05, 4.69) is 43.9 Å². The molecule has 2 aromatic heterocycles. The second-order valence-corrected chi connectivity index (χ2v) is 6.66. The van der Waals surface area contributed by atoms with Crippen molar-refractivity contribution in [2.75, 3.05) is 5.32 Å². The van der Waals surface area contributed by atoms with Crippen LogP contribution in [-0.2, 0) is 5.75 Å². The van der Waals surface area contributed by atoms with Crippen molar-refractivity contribution in [1.82, 2.24) is 20.3 Å². The molecule has 0 amide bonds. The zero-order chi connectivity index (χ0) is 17.8. The Morgan fingerprint density at radius 3 is 2.69 bits per heavy atom. The van der Waals surface area contributed by atoms with Crippen molar-refractivity contribution in [3.63, 3.8) is 0 Å². The van der Waals surface area contributed by atoms with Gasteiger partial charge in [-0.1, -0.05) is 65.4 Å². The third-order valence-corrected chi connectivity index (χ3v) is 4.64. The Morgan fingerprint density at radius 1 is 1.08 bits per heavy atom. The van der Waals surface area contributed by atoms with E-state index in [1.54, 1.807) is 0 Å². The van der Waals surface area contributed by atoms with Crippen LogP contribution in [0.15, 0.2) is 70.3 Å². The summed E-state index contributed by atoms with van der Waals surface area (Å²) in [6.07, 6.45) is 0. The molecule has 0 aliphatic carbocycles. The van der Waals surface area contributed by atoms with Crippen LogP contribution in [0.25, 0.3) is 11.1 Å². The Balaban J connectivity index is 1.48. The van der Waals surface area contributed by atoms with E-state index in [0.717, 1.165) is 28.3 Å². The summed E-state index contributed by atoms with van der Waals surface area (Å²) in [7, 11) is 0. The molecule has 0 saturated carbocycles. The van der Waals surface area contributed by atoms with Gasteiger partial charge in [0.25, 0.3) is 0 Å². The molecule has 7 heteroatoms. The first-order valence-electron chi connectivity index (χ1n) is 8.17. The summed E-state index contributed by atoms with van der Waals surface area (Å²) in [5.74, 6) is 2.07. The highest BCUT2D eigenvalue weighted by atomic mass is 32.2. The lowest BCUT2D eigenvalue weighted by Crippen LogP contribution is -1.95. The van der Waals surface area contributed by atoms with E-state index in [-0.39, 0.29) is 0 Å². The van der Waals surface area contributed by atoms with Crippen molar-refractivity contribution < 1.29 is 4.52 Å². The number of aryl methyl sites for hydroxylation is 1. The van der Waals surface area contributed by atoms with Crippen LogP contribution >= 0.6 is 11.8 Å². The van der Waals surface area contributed by atoms with Crippen molar-refractivity contribution in [2.45, 2.75) is 17.8 Å². The second-order valence-electron chi connectivity index (χ2n) is 5.72. The number of hydrogen-bond acceptors (Lipinski definition) is 6. The summed E-state index contributed by atoms with van der Waals surface area (Å²) in [5.41, 5.74) is 4.10. The number of H-pyrrole nitrogens is 1. The number of nitrogens with one attached hydrogen (secondary N) is 2. The van der Waals surface area contributed by atoms with E-state index in [1.807, 2.05) is 49.4 Å². The van der Waals surface area contributed by atoms with Crippen LogP contribution in [0.3, 0.4) is 0 Å². The van der Waals surface area contributed by atoms with Gasteiger partial charge in [-0.2, -0.15) is 4.98 Å². The normalized spacial score (nSPS) is 10.8. The van der Waals surface area contributed by atoms with Crippen molar-refractivity contribution in [2.24, 2.45) is 0 Å². The zero-order valence-electron chi connectivity index (χ0n) is 14.1. The largest absolute Gasteiger partial charge is 0.361 e. The fourth-order valence-corrected chi connectivity index (χ4v) is 3.26. The molecular weight excluding hydrogens is 346 g/mol. The number of aromatic nitrogens is 4. The molecule has 2 aromatic carbocycles. The standard InChI is InChI=1S/C19H17N5OS/c1-13-11-15(24-25-13)12-26-19-21-18(22-23-19)20-17-10-6-5-9-16(17)14-7-3-2-4-8-14/h2-11H,12H2,1H3,(H2,20,21,22,23). The molecule has 26 heavy (non-hydrogen) atoms. The van der Waals surface area contributed by atoms with Gasteiger partial charge in [-0.3, -0.25) is 0 Å². The smallest absolute Gasteiger partial charge is 0.224 e. The molecule has 4 rings (SSSR count). The van der Waals surface area contributed by atoms with Crippen molar-refractivity contribution in [3.8, 4) is 11.1 Å². The molecule has 0 fully saturated rings. The van der Waals surface area contributed by atoms with Gasteiger partial charge in [-0.15, -0.1) is 5.10 Å². The van der Waals surface area contributed by atoms with Crippen LogP contribution in [0.2, 0.25) is 0 Å². The van der Waals surface area contributed by atoms with Crippen molar-refractivity contribution in [1.29, 1.82) is 0 Å². The average Bonchev–Trinajstić information content (AvgIpc) is 3.30. The lowest BCUT2D eigenvalue weighted by Gasteiger charge is -2.09. The maximum Gasteiger partial charge on any atom is 0.224 e. The van der Waals surface area contributed by atoms with Crippen LogP contribution in [0.1, 0.15) is 11.5 Å². The van der Waals surface area contributed by atoms with Gasteiger partial charge in [0.05, 0.1) is 5.69 Å². The van der Waals surface area contributed by atoms with Crippen LogP contribution < -0.4 is 5.32 Å². The summed E-state index contributed by atoms with van der Waals surface area (Å²) < 4.78 is 5.07. The Hall–Kier alpha value is -3.06. The SMILES string of the molecule is Cc1cc(CSc2n[nH]c(Nc3ccccc3-c3ccccc3)n2)no1. The monoisotopic (exact) mass is 363 g/mol. The first-order chi connectivity index (χ1) is 12.8. The minimum Gasteiger partial charge on any atom is -0.361 e. The van der Waals surface area contributed by atoms with Crippen LogP contribution in [0, 0.1) is 6.92 Å². The molecule has 0 radical (unpaired) electrons. The van der Waals surface area contributed by atoms with Crippen molar-refractivity contribution >= 4 is 23.4 Å². The molecule has 4 aromatic rings. The van der Waals surface area contributed by atoms with E-state index in [0.29, 0.717) is 16.9 Å². The average molecular weight is 363 g/mol. The number of nitrogens with zero attached hydrogens (tertiary/aromatic N) is 3. The zero-order valence-corrected chi connectivity index (χ0v) is 15.0. The van der Waals surface area contributed by atoms with Gasteiger partial charge in [0.1, 0.15) is 5.76 Å². The molecule has 130 valence electrons. The Labute approximate surface area is 155 Å². The molecule has 0 bridgehead atoms. The molecule has 0 atom stereocenters. The van der Waals surface area contributed by atoms with Crippen LogP contribution in [0.4, 0.5) is 11.6 Å². The number of benzene rings is 2. The van der Waals surface area contributed by atoms with E-state index >= 15 is 0 Å². The van der Waals surface area contributed by atoms with Crippen LogP contribution in [-0.4, -0.2) is 20.3 Å². The number of thioether (sulfide) groups is 1. The molecule has 0 saturated heterocycles. The molecular formula is C19H17N5OS. The van der Waals surface area contributed by atoms with E-state index in [1.165, 1.54) is 11.8 Å². The predicted molar refractivity (Wildman–Crippen MR) is 102 cm³/mol. The lowest BCUT2D eigenvalue weighted by molar-refractivity contribution is 0.393. The molecule has 0 spiro atoms. The highest BCUT2D eigenvalue weighted by Gasteiger charge is 2.09. The Morgan fingerprint density at radius 2 is 1.88 bits per heavy atom. The minimum atomic E-state index is 0.604. The maximum absolute atomic E-state index is 5.07. The fourth-order valence-electron chi connectivity index (χ4n) is 2.58. The first-order valence-corrected chi connectivity index (χ1v) is 9.15. The molecule has 2 heterocycles. The summed E-state index contributed by atoms with van der Waals surface area (Å²) in [6.45, 7) is 1.88. The number of para-hydroxylation sites is 1. The Bertz CT molecular complexity index is 996. The number of rotatable bonds is 6. The van der Waals surface area contributed by atoms with Gasteiger partial charge in [-0.25, -0.2) is 5.10 Å². The summed E-state index contributed by atoms with van der Waals surface area (Å²) in [6, 6.07) is 20.3. The van der Waals surface area contributed by atoms with Gasteiger partial charge >= 0.3 is 0 Å². The highest BCUT2D eigenvalue weighted by molar-refractivity contribution is 7.98. The van der Waals surface area contributed by atoms with Crippen molar-refractivity contribution in [3.05, 3.63) is 72.1 Å². The summed E-state index contributed by atoms with van der Waals surface area (Å²) >= 11 is 1.50. The molecule has 6 nitrogen and oxygen atoms in total. The molecule has 0 aliphatic rings. The number of hydrogen-bond donors (Lipinski definition) is 2. The van der Waals surface area contributed by atoms with E-state index in [9.17, 15) is 0 Å². The number of anilines is 2. The quantitative estimate of drug-likeness (QED) is 0.479. The maximum atomic E-state index is 5.07. The Kier molecular flexibility index (Phi) is 4.70. The third-order valence-electron chi connectivity index (χ3n) is 3.76. The van der Waals surface area contributed by atoms with E-state index in [4.69, 9.17) is 4.52 Å². The van der Waals surface area contributed by atoms with Gasteiger partial charge in [-0.05, 0) is 18.6 Å². The predicted octanol–water partition coefficient (Wildman–Crippen LogP) is 4.80. The minimum absolute atomic E-state index is 0.604. The van der Waals surface area contributed by atoms with Gasteiger partial charge in [0.15, 0.2) is 0 Å². The fraction of sp³-hybridized carbons (Fsp3) is 0.105. The van der Waals surface area contributed by atoms with E-state index < -0.39 is 0 Å². The lowest BCUT2D eigenvalue weighted by atomic mass is 10.0. The second kappa shape index (κ2) is 7.45. The highest BCUT2D eigenvalue weighted by Crippen LogP contribution is 2.29. The molecule has 0 unspecified atom stereocenters. The van der Waals surface area contributed by atoms with Gasteiger partial charge in [0.2, 0.25) is 11.1 Å². The molecule has 0 aliphatic heterocycles. The topological polar surface area (TPSA) is 79.6 Å².